The van der Waals surface area contributed by atoms with Gasteiger partial charge in [-0.1, -0.05) is 36.4 Å². The summed E-state index contributed by atoms with van der Waals surface area (Å²) in [5, 5.41) is 1.65. The summed E-state index contributed by atoms with van der Waals surface area (Å²) >= 11 is 0. The van der Waals surface area contributed by atoms with E-state index in [-0.39, 0.29) is 22.3 Å². The average Bonchev–Trinajstić information content (AvgIpc) is 2.80. The molecule has 33 heavy (non-hydrogen) atoms. The largest absolute Gasteiger partial charge is 0.497 e. The lowest BCUT2D eigenvalue weighted by atomic mass is 9.85. The van der Waals surface area contributed by atoms with Gasteiger partial charge >= 0.3 is 0 Å². The second-order valence-electron chi connectivity index (χ2n) is 7.58. The Morgan fingerprint density at radius 3 is 1.79 bits per heavy atom. The molecule has 0 radical (unpaired) electrons. The third kappa shape index (κ3) is 3.39. The number of ether oxygens (including phenoxy) is 1. The zero-order chi connectivity index (χ0) is 23.3. The highest BCUT2D eigenvalue weighted by molar-refractivity contribution is 6.21. The minimum atomic E-state index is -1.04. The van der Waals surface area contributed by atoms with Crippen LogP contribution in [0.1, 0.15) is 0 Å². The van der Waals surface area contributed by atoms with E-state index in [0.717, 1.165) is 24.3 Å². The molecule has 0 bridgehead atoms. The van der Waals surface area contributed by atoms with Gasteiger partial charge in [-0.25, -0.2) is 22.0 Å². The molecule has 0 amide bonds. The van der Waals surface area contributed by atoms with E-state index in [2.05, 4.69) is 0 Å². The van der Waals surface area contributed by atoms with E-state index >= 15 is 8.78 Å². The summed E-state index contributed by atoms with van der Waals surface area (Å²) < 4.78 is 77.4. The van der Waals surface area contributed by atoms with Gasteiger partial charge in [0.2, 0.25) is 0 Å². The molecule has 0 heterocycles. The van der Waals surface area contributed by atoms with Crippen molar-refractivity contribution in [2.24, 2.45) is 0 Å². The van der Waals surface area contributed by atoms with Crippen molar-refractivity contribution in [2.45, 2.75) is 0 Å². The molecule has 0 N–H and O–H groups in total. The van der Waals surface area contributed by atoms with Crippen molar-refractivity contribution in [3.8, 4) is 28.0 Å². The van der Waals surface area contributed by atoms with Crippen molar-refractivity contribution in [1.29, 1.82) is 0 Å². The first-order chi connectivity index (χ1) is 15.9. The summed E-state index contributed by atoms with van der Waals surface area (Å²) in [5.74, 6) is -4.39. The van der Waals surface area contributed by atoms with Crippen LogP contribution in [0.2, 0.25) is 0 Å². The Kier molecular flexibility index (Phi) is 5.01. The number of halogens is 5. The summed E-state index contributed by atoms with van der Waals surface area (Å²) in [6.07, 6.45) is 0. The van der Waals surface area contributed by atoms with Crippen molar-refractivity contribution in [1.82, 2.24) is 0 Å². The molecule has 0 fully saturated rings. The minimum absolute atomic E-state index is 0.00643. The molecule has 5 aromatic rings. The summed E-state index contributed by atoms with van der Waals surface area (Å²) in [6, 6.07) is 16.2. The molecule has 0 saturated carbocycles. The van der Waals surface area contributed by atoms with Gasteiger partial charge in [0.1, 0.15) is 23.2 Å². The summed E-state index contributed by atoms with van der Waals surface area (Å²) in [6.45, 7) is 0. The maximum Gasteiger partial charge on any atom is 0.159 e. The van der Waals surface area contributed by atoms with Gasteiger partial charge in [0, 0.05) is 17.7 Å². The first-order valence-corrected chi connectivity index (χ1v) is 10.0. The van der Waals surface area contributed by atoms with E-state index in [1.807, 2.05) is 0 Å². The maximum absolute atomic E-state index is 15.2. The molecule has 0 spiro atoms. The molecule has 5 aromatic carbocycles. The van der Waals surface area contributed by atoms with Gasteiger partial charge in [-0.15, -0.1) is 0 Å². The zero-order valence-electron chi connectivity index (χ0n) is 17.2. The highest BCUT2D eigenvalue weighted by atomic mass is 19.2. The Hall–Kier alpha value is -3.93. The van der Waals surface area contributed by atoms with Crippen LogP contribution in [0.25, 0.3) is 43.8 Å². The molecule has 0 aliphatic carbocycles. The monoisotopic (exact) mass is 450 g/mol. The molecule has 164 valence electrons. The number of fused-ring (bicyclic) bond motifs is 2. The lowest BCUT2D eigenvalue weighted by Gasteiger charge is -2.19. The summed E-state index contributed by atoms with van der Waals surface area (Å²) in [7, 11) is 1.30. The Bertz CT molecular complexity index is 1540. The second-order valence-corrected chi connectivity index (χ2v) is 7.58. The molecular formula is C27H15F5O. The summed E-state index contributed by atoms with van der Waals surface area (Å²) in [4.78, 5) is 0. The van der Waals surface area contributed by atoms with E-state index in [1.54, 1.807) is 24.3 Å². The number of benzene rings is 5. The standard InChI is InChI=1S/C27H15F5O/c1-33-16-12-23(31)27(24(32)13-16)26-18-5-3-2-4-17(18)25(14-6-9-21(29)22(30)10-14)19-8-7-15(28)11-20(19)26/h2-13H,1H3. The Morgan fingerprint density at radius 1 is 0.515 bits per heavy atom. The summed E-state index contributed by atoms with van der Waals surface area (Å²) in [5.41, 5.74) is 0.671. The van der Waals surface area contributed by atoms with Gasteiger partial charge in [-0.3, -0.25) is 0 Å². The van der Waals surface area contributed by atoms with E-state index in [1.165, 1.54) is 31.4 Å². The first kappa shape index (κ1) is 20.9. The van der Waals surface area contributed by atoms with Gasteiger partial charge < -0.3 is 4.74 Å². The SMILES string of the molecule is COc1cc(F)c(-c2c3ccccc3c(-c3ccc(F)c(F)c3)c3ccc(F)cc23)c(F)c1. The van der Waals surface area contributed by atoms with Gasteiger partial charge in [0.25, 0.3) is 0 Å². The number of hydrogen-bond donors (Lipinski definition) is 0. The highest BCUT2D eigenvalue weighted by Gasteiger charge is 2.23. The lowest BCUT2D eigenvalue weighted by Crippen LogP contribution is -1.97. The van der Waals surface area contributed by atoms with E-state index in [9.17, 15) is 13.2 Å². The lowest BCUT2D eigenvalue weighted by molar-refractivity contribution is 0.407. The van der Waals surface area contributed by atoms with E-state index in [0.29, 0.717) is 27.3 Å². The fourth-order valence-corrected chi connectivity index (χ4v) is 4.29. The third-order valence-corrected chi connectivity index (χ3v) is 5.70. The highest BCUT2D eigenvalue weighted by Crippen LogP contribution is 2.45. The molecular weight excluding hydrogens is 435 g/mol. The average molecular weight is 450 g/mol. The Balaban J connectivity index is 2.00. The third-order valence-electron chi connectivity index (χ3n) is 5.70. The smallest absolute Gasteiger partial charge is 0.159 e. The van der Waals surface area contributed by atoms with Crippen molar-refractivity contribution in [3.05, 3.63) is 102 Å². The van der Waals surface area contributed by atoms with Crippen LogP contribution in [0.4, 0.5) is 22.0 Å². The van der Waals surface area contributed by atoms with Crippen LogP contribution < -0.4 is 4.74 Å². The normalized spacial score (nSPS) is 11.3. The number of methoxy groups -OCH3 is 1. The van der Waals surface area contributed by atoms with Gasteiger partial charge in [0.15, 0.2) is 11.6 Å². The fraction of sp³-hybridized carbons (Fsp3) is 0.0370. The quantitative estimate of drug-likeness (QED) is 0.200. The fourth-order valence-electron chi connectivity index (χ4n) is 4.29. The molecule has 0 aliphatic rings. The predicted octanol–water partition coefficient (Wildman–Crippen LogP) is 8.03. The second kappa shape index (κ2) is 7.89. The van der Waals surface area contributed by atoms with Crippen molar-refractivity contribution >= 4 is 21.5 Å². The van der Waals surface area contributed by atoms with Crippen LogP contribution in [-0.2, 0) is 0 Å². The Morgan fingerprint density at radius 2 is 1.15 bits per heavy atom. The van der Waals surface area contributed by atoms with E-state index in [4.69, 9.17) is 4.74 Å². The van der Waals surface area contributed by atoms with Crippen LogP contribution in [0.15, 0.2) is 72.8 Å². The van der Waals surface area contributed by atoms with Crippen LogP contribution in [0, 0.1) is 29.1 Å². The molecule has 0 atom stereocenters. The minimum Gasteiger partial charge on any atom is -0.497 e. The van der Waals surface area contributed by atoms with Crippen LogP contribution in [0.5, 0.6) is 5.75 Å². The van der Waals surface area contributed by atoms with Gasteiger partial charge in [-0.2, -0.15) is 0 Å². The molecule has 0 aliphatic heterocycles. The molecule has 6 heteroatoms. The number of rotatable bonds is 3. The molecule has 0 saturated heterocycles. The van der Waals surface area contributed by atoms with Crippen LogP contribution in [0.3, 0.4) is 0 Å². The van der Waals surface area contributed by atoms with Crippen molar-refractivity contribution in [3.63, 3.8) is 0 Å². The first-order valence-electron chi connectivity index (χ1n) is 10.0. The molecule has 5 rings (SSSR count). The van der Waals surface area contributed by atoms with Gasteiger partial charge in [0.05, 0.1) is 12.7 Å². The zero-order valence-corrected chi connectivity index (χ0v) is 17.2. The van der Waals surface area contributed by atoms with E-state index < -0.39 is 29.1 Å². The molecule has 1 nitrogen and oxygen atoms in total. The predicted molar refractivity (Wildman–Crippen MR) is 119 cm³/mol. The molecule has 0 aromatic heterocycles. The van der Waals surface area contributed by atoms with Gasteiger partial charge in [-0.05, 0) is 56.9 Å². The Labute approximate surface area is 185 Å². The van der Waals surface area contributed by atoms with Crippen LogP contribution in [-0.4, -0.2) is 7.11 Å². The molecule has 0 unspecified atom stereocenters. The van der Waals surface area contributed by atoms with Crippen LogP contribution >= 0.6 is 0 Å². The number of hydrogen-bond acceptors (Lipinski definition) is 1. The topological polar surface area (TPSA) is 9.23 Å². The van der Waals surface area contributed by atoms with Crippen molar-refractivity contribution in [2.75, 3.05) is 7.11 Å². The van der Waals surface area contributed by atoms with Crippen molar-refractivity contribution < 1.29 is 26.7 Å². The maximum atomic E-state index is 15.2.